The van der Waals surface area contributed by atoms with Gasteiger partial charge in [0.05, 0.1) is 6.26 Å². The van der Waals surface area contributed by atoms with Crippen LogP contribution >= 0.6 is 0 Å². The molecule has 1 amide bonds. The van der Waals surface area contributed by atoms with Gasteiger partial charge in [-0.1, -0.05) is 24.3 Å². The molecule has 1 aromatic carbocycles. The molecule has 26 heavy (non-hydrogen) atoms. The molecule has 0 N–H and O–H groups in total. The molecule has 0 saturated heterocycles. The van der Waals surface area contributed by atoms with Gasteiger partial charge >= 0.3 is 0 Å². The summed E-state index contributed by atoms with van der Waals surface area (Å²) in [5.41, 5.74) is 2.65. The highest BCUT2D eigenvalue weighted by molar-refractivity contribution is 5.80. The topological polar surface area (TPSA) is 68.3 Å². The van der Waals surface area contributed by atoms with E-state index in [1.807, 2.05) is 18.2 Å². The minimum absolute atomic E-state index is 0.106. The molecule has 1 aliphatic heterocycles. The molecule has 6 nitrogen and oxygen atoms in total. The summed E-state index contributed by atoms with van der Waals surface area (Å²) in [6.07, 6.45) is 2.37. The third kappa shape index (κ3) is 2.94. The van der Waals surface area contributed by atoms with E-state index < -0.39 is 6.04 Å². The van der Waals surface area contributed by atoms with Crippen molar-refractivity contribution in [1.82, 2.24) is 14.7 Å². The van der Waals surface area contributed by atoms with Gasteiger partial charge in [-0.3, -0.25) is 9.59 Å². The lowest BCUT2D eigenvalue weighted by molar-refractivity contribution is -0.135. The second-order valence-corrected chi connectivity index (χ2v) is 6.43. The van der Waals surface area contributed by atoms with Crippen LogP contribution in [-0.2, 0) is 17.8 Å². The van der Waals surface area contributed by atoms with Crippen molar-refractivity contribution in [2.75, 3.05) is 6.54 Å². The highest BCUT2D eigenvalue weighted by Crippen LogP contribution is 2.21. The third-order valence-corrected chi connectivity index (χ3v) is 4.77. The van der Waals surface area contributed by atoms with Crippen LogP contribution in [0.5, 0.6) is 0 Å². The number of hydrogen-bond donors (Lipinski definition) is 0. The highest BCUT2D eigenvalue weighted by atomic mass is 16.3. The number of aromatic nitrogens is 2. The van der Waals surface area contributed by atoms with E-state index in [1.165, 1.54) is 16.3 Å². The van der Waals surface area contributed by atoms with E-state index in [4.69, 9.17) is 4.42 Å². The summed E-state index contributed by atoms with van der Waals surface area (Å²) in [5.74, 6) is 0.455. The van der Waals surface area contributed by atoms with Gasteiger partial charge in [0.2, 0.25) is 5.91 Å². The van der Waals surface area contributed by atoms with Gasteiger partial charge in [0, 0.05) is 19.2 Å². The van der Waals surface area contributed by atoms with Gasteiger partial charge in [-0.05, 0) is 42.7 Å². The first-order valence-corrected chi connectivity index (χ1v) is 8.63. The molecule has 6 heteroatoms. The van der Waals surface area contributed by atoms with E-state index in [-0.39, 0.29) is 11.5 Å². The molecular formula is C20H19N3O3. The smallest absolute Gasteiger partial charge is 0.267 e. The van der Waals surface area contributed by atoms with Crippen LogP contribution < -0.4 is 5.56 Å². The van der Waals surface area contributed by atoms with Crippen LogP contribution in [-0.4, -0.2) is 27.1 Å². The van der Waals surface area contributed by atoms with Crippen molar-refractivity contribution in [2.24, 2.45) is 0 Å². The molecule has 132 valence electrons. The van der Waals surface area contributed by atoms with Crippen LogP contribution in [0, 0.1) is 0 Å². The second kappa shape index (κ2) is 6.63. The maximum Gasteiger partial charge on any atom is 0.267 e. The van der Waals surface area contributed by atoms with Crippen molar-refractivity contribution in [3.8, 4) is 11.5 Å². The second-order valence-electron chi connectivity index (χ2n) is 6.43. The zero-order chi connectivity index (χ0) is 18.1. The summed E-state index contributed by atoms with van der Waals surface area (Å²) in [6, 6.07) is 14.0. The van der Waals surface area contributed by atoms with Crippen LogP contribution in [0.1, 0.15) is 24.1 Å². The number of carbonyl (C=O) groups is 1. The predicted molar refractivity (Wildman–Crippen MR) is 96.5 cm³/mol. The lowest BCUT2D eigenvalue weighted by Gasteiger charge is -2.31. The Kier molecular flexibility index (Phi) is 4.16. The molecule has 3 aromatic rings. The Morgan fingerprint density at radius 2 is 1.92 bits per heavy atom. The van der Waals surface area contributed by atoms with Crippen molar-refractivity contribution < 1.29 is 9.21 Å². The van der Waals surface area contributed by atoms with E-state index in [2.05, 4.69) is 11.2 Å². The Balaban J connectivity index is 1.60. The van der Waals surface area contributed by atoms with Gasteiger partial charge in [-0.25, -0.2) is 4.68 Å². The summed E-state index contributed by atoms with van der Waals surface area (Å²) in [4.78, 5) is 27.0. The quantitative estimate of drug-likeness (QED) is 0.729. The van der Waals surface area contributed by atoms with Gasteiger partial charge in [0.15, 0.2) is 5.76 Å². The van der Waals surface area contributed by atoms with E-state index in [1.54, 1.807) is 36.3 Å². The largest absolute Gasteiger partial charge is 0.463 e. The van der Waals surface area contributed by atoms with Gasteiger partial charge < -0.3 is 9.32 Å². The molecule has 1 unspecified atom stereocenters. The van der Waals surface area contributed by atoms with Crippen molar-refractivity contribution in [2.45, 2.75) is 25.9 Å². The summed E-state index contributed by atoms with van der Waals surface area (Å²) in [5, 5.41) is 4.34. The molecule has 1 aliphatic rings. The highest BCUT2D eigenvalue weighted by Gasteiger charge is 2.27. The number of hydrogen-bond acceptors (Lipinski definition) is 4. The van der Waals surface area contributed by atoms with E-state index in [0.29, 0.717) is 24.5 Å². The Hall–Kier alpha value is -3.15. The van der Waals surface area contributed by atoms with Crippen molar-refractivity contribution in [1.29, 1.82) is 0 Å². The first-order valence-electron chi connectivity index (χ1n) is 8.63. The summed E-state index contributed by atoms with van der Waals surface area (Å²) < 4.78 is 6.57. The average Bonchev–Trinajstić information content (AvgIpc) is 3.21. The summed E-state index contributed by atoms with van der Waals surface area (Å²) in [6.45, 7) is 2.92. The first-order chi connectivity index (χ1) is 12.6. The molecule has 1 atom stereocenters. The van der Waals surface area contributed by atoms with Crippen LogP contribution in [0.4, 0.5) is 0 Å². The van der Waals surface area contributed by atoms with Crippen molar-refractivity contribution >= 4 is 5.91 Å². The Labute approximate surface area is 150 Å². The molecule has 0 spiro atoms. The number of rotatable bonds is 3. The minimum Gasteiger partial charge on any atom is -0.463 e. The average molecular weight is 349 g/mol. The number of amides is 1. The number of furan rings is 1. The SMILES string of the molecule is CC(C(=O)N1CCc2ccccc2C1)n1nc(-c2ccco2)ccc1=O. The predicted octanol–water partition coefficient (Wildman–Crippen LogP) is 2.65. The van der Waals surface area contributed by atoms with E-state index in [0.717, 1.165) is 12.0 Å². The zero-order valence-electron chi connectivity index (χ0n) is 14.5. The first kappa shape index (κ1) is 16.3. The van der Waals surface area contributed by atoms with Gasteiger partial charge in [0.25, 0.3) is 5.56 Å². The van der Waals surface area contributed by atoms with E-state index >= 15 is 0 Å². The summed E-state index contributed by atoms with van der Waals surface area (Å²) in [7, 11) is 0. The Morgan fingerprint density at radius 3 is 2.69 bits per heavy atom. The standard InChI is InChI=1S/C20H19N3O3/c1-14(20(25)22-11-10-15-5-2-3-6-16(15)13-22)23-19(24)9-8-17(21-23)18-7-4-12-26-18/h2-9,12,14H,10-11,13H2,1H3. The number of nitrogens with zero attached hydrogens (tertiary/aromatic N) is 3. The van der Waals surface area contributed by atoms with Crippen LogP contribution in [0.3, 0.4) is 0 Å². The lowest BCUT2D eigenvalue weighted by Crippen LogP contribution is -2.42. The molecule has 4 rings (SSSR count). The van der Waals surface area contributed by atoms with Crippen molar-refractivity contribution in [3.05, 3.63) is 76.3 Å². The maximum atomic E-state index is 13.0. The minimum atomic E-state index is -0.678. The molecule has 0 fully saturated rings. The normalized spacial score (nSPS) is 14.7. The van der Waals surface area contributed by atoms with Crippen LogP contribution in [0.15, 0.2) is 64.0 Å². The zero-order valence-corrected chi connectivity index (χ0v) is 14.5. The van der Waals surface area contributed by atoms with Crippen LogP contribution in [0.2, 0.25) is 0 Å². The summed E-state index contributed by atoms with van der Waals surface area (Å²) >= 11 is 0. The molecule has 0 saturated carbocycles. The van der Waals surface area contributed by atoms with Crippen molar-refractivity contribution in [3.63, 3.8) is 0 Å². The molecule has 3 heterocycles. The number of benzene rings is 1. The van der Waals surface area contributed by atoms with E-state index in [9.17, 15) is 9.59 Å². The fourth-order valence-corrected chi connectivity index (χ4v) is 3.31. The number of carbonyl (C=O) groups excluding carboxylic acids is 1. The maximum absolute atomic E-state index is 13.0. The number of fused-ring (bicyclic) bond motifs is 1. The molecule has 0 aliphatic carbocycles. The van der Waals surface area contributed by atoms with Crippen LogP contribution in [0.25, 0.3) is 11.5 Å². The van der Waals surface area contributed by atoms with Gasteiger partial charge in [-0.15, -0.1) is 0 Å². The Bertz CT molecular complexity index is 992. The molecule has 0 bridgehead atoms. The molecule has 2 aromatic heterocycles. The fourth-order valence-electron chi connectivity index (χ4n) is 3.31. The molecular weight excluding hydrogens is 330 g/mol. The lowest BCUT2D eigenvalue weighted by atomic mass is 9.99. The monoisotopic (exact) mass is 349 g/mol. The Morgan fingerprint density at radius 1 is 1.12 bits per heavy atom. The third-order valence-electron chi connectivity index (χ3n) is 4.77. The molecule has 0 radical (unpaired) electrons. The van der Waals surface area contributed by atoms with Gasteiger partial charge in [-0.2, -0.15) is 5.10 Å². The fraction of sp³-hybridized carbons (Fsp3) is 0.250. The van der Waals surface area contributed by atoms with Gasteiger partial charge in [0.1, 0.15) is 11.7 Å².